The lowest BCUT2D eigenvalue weighted by atomic mass is 10.2. The minimum absolute atomic E-state index is 0.0952. The van der Waals surface area contributed by atoms with Crippen molar-refractivity contribution in [2.45, 2.75) is 26.1 Å². The van der Waals surface area contributed by atoms with Crippen LogP contribution in [0.3, 0.4) is 0 Å². The predicted molar refractivity (Wildman–Crippen MR) is 54.4 cm³/mol. The highest BCUT2D eigenvalue weighted by atomic mass is 35.5. The molecule has 0 spiro atoms. The largest absolute Gasteiger partial charge is 0.474 e. The fourth-order valence-electron chi connectivity index (χ4n) is 1.02. The molecule has 90 valence electrons. The molecule has 1 aromatic rings. The molecule has 0 unspecified atom stereocenters. The van der Waals surface area contributed by atoms with Crippen molar-refractivity contribution >= 4 is 17.4 Å². The lowest BCUT2D eigenvalue weighted by Crippen LogP contribution is -2.13. The molecule has 0 aliphatic heterocycles. The molecule has 0 aliphatic carbocycles. The summed E-state index contributed by atoms with van der Waals surface area (Å²) >= 11 is 5.61. The summed E-state index contributed by atoms with van der Waals surface area (Å²) in [6.07, 6.45) is -4.82. The van der Waals surface area contributed by atoms with Gasteiger partial charge in [-0.3, -0.25) is 0 Å². The third kappa shape index (κ3) is 2.91. The molecule has 0 amide bonds. The molecule has 7 heteroatoms. The van der Waals surface area contributed by atoms with E-state index in [4.69, 9.17) is 22.1 Å². The number of nitrogen functional groups attached to an aromatic ring is 1. The van der Waals surface area contributed by atoms with E-state index in [1.807, 2.05) is 0 Å². The van der Waals surface area contributed by atoms with Gasteiger partial charge < -0.3 is 10.5 Å². The van der Waals surface area contributed by atoms with Crippen LogP contribution in [0, 0.1) is 0 Å². The summed E-state index contributed by atoms with van der Waals surface area (Å²) in [6, 6.07) is 0.710. The van der Waals surface area contributed by atoms with Crippen LogP contribution in [-0.2, 0) is 6.18 Å². The number of hydrogen-bond acceptors (Lipinski definition) is 3. The molecule has 0 atom stereocenters. The number of ether oxygens (including phenoxy) is 1. The molecule has 0 aliphatic rings. The first-order valence-electron chi connectivity index (χ1n) is 4.41. The Kier molecular flexibility index (Phi) is 3.52. The van der Waals surface area contributed by atoms with E-state index in [1.54, 1.807) is 13.8 Å². The van der Waals surface area contributed by atoms with Crippen LogP contribution in [0.2, 0.25) is 5.02 Å². The van der Waals surface area contributed by atoms with E-state index in [1.165, 1.54) is 0 Å². The summed E-state index contributed by atoms with van der Waals surface area (Å²) in [5.41, 5.74) is 4.12. The Labute approximate surface area is 95.4 Å². The maximum absolute atomic E-state index is 12.4. The Morgan fingerprint density at radius 2 is 2.00 bits per heavy atom. The lowest BCUT2D eigenvalue weighted by Gasteiger charge is -2.14. The predicted octanol–water partition coefficient (Wildman–Crippen LogP) is 3.12. The van der Waals surface area contributed by atoms with Gasteiger partial charge in [-0.05, 0) is 19.9 Å². The van der Waals surface area contributed by atoms with Gasteiger partial charge in [0, 0.05) is 0 Å². The third-order valence-electron chi connectivity index (χ3n) is 1.63. The number of pyridine rings is 1. The van der Waals surface area contributed by atoms with Gasteiger partial charge in [-0.15, -0.1) is 0 Å². The molecule has 0 radical (unpaired) electrons. The summed E-state index contributed by atoms with van der Waals surface area (Å²) in [7, 11) is 0. The van der Waals surface area contributed by atoms with Crippen LogP contribution in [0.5, 0.6) is 5.88 Å². The Hall–Kier alpha value is -1.17. The van der Waals surface area contributed by atoms with Crippen LogP contribution in [-0.4, -0.2) is 11.1 Å². The molecule has 2 N–H and O–H groups in total. The first-order valence-corrected chi connectivity index (χ1v) is 4.79. The third-order valence-corrected chi connectivity index (χ3v) is 1.90. The highest BCUT2D eigenvalue weighted by Gasteiger charge is 2.34. The molecule has 3 nitrogen and oxygen atoms in total. The summed E-state index contributed by atoms with van der Waals surface area (Å²) < 4.78 is 42.3. The fourth-order valence-corrected chi connectivity index (χ4v) is 1.21. The van der Waals surface area contributed by atoms with E-state index in [0.29, 0.717) is 6.07 Å². The average Bonchev–Trinajstić information content (AvgIpc) is 2.07. The molecule has 0 saturated carbocycles. The number of anilines is 1. The summed E-state index contributed by atoms with van der Waals surface area (Å²) in [6.45, 7) is 3.40. The van der Waals surface area contributed by atoms with Crippen LogP contribution >= 0.6 is 11.6 Å². The van der Waals surface area contributed by atoms with Crippen molar-refractivity contribution in [3.8, 4) is 5.88 Å². The van der Waals surface area contributed by atoms with Crippen molar-refractivity contribution in [2.75, 3.05) is 5.73 Å². The minimum atomic E-state index is -4.57. The monoisotopic (exact) mass is 254 g/mol. The number of aromatic nitrogens is 1. The van der Waals surface area contributed by atoms with Gasteiger partial charge in [-0.25, -0.2) is 0 Å². The van der Waals surface area contributed by atoms with Gasteiger partial charge in [-0.2, -0.15) is 18.2 Å². The lowest BCUT2D eigenvalue weighted by molar-refractivity contribution is -0.137. The van der Waals surface area contributed by atoms with Crippen molar-refractivity contribution in [1.82, 2.24) is 4.98 Å². The van der Waals surface area contributed by atoms with E-state index in [0.717, 1.165) is 0 Å². The smallest absolute Gasteiger partial charge is 0.419 e. The van der Waals surface area contributed by atoms with Crippen molar-refractivity contribution in [3.05, 3.63) is 16.7 Å². The molecule has 1 aromatic heterocycles. The summed E-state index contributed by atoms with van der Waals surface area (Å²) in [5, 5.41) is -0.213. The zero-order valence-electron chi connectivity index (χ0n) is 8.60. The number of alkyl halides is 3. The van der Waals surface area contributed by atoms with E-state index in [-0.39, 0.29) is 17.0 Å². The van der Waals surface area contributed by atoms with Crippen molar-refractivity contribution < 1.29 is 17.9 Å². The van der Waals surface area contributed by atoms with Crippen LogP contribution in [0.25, 0.3) is 0 Å². The molecule has 1 heterocycles. The highest BCUT2D eigenvalue weighted by Crippen LogP contribution is 2.37. The van der Waals surface area contributed by atoms with Gasteiger partial charge >= 0.3 is 6.18 Å². The normalized spacial score (nSPS) is 11.9. The zero-order valence-corrected chi connectivity index (χ0v) is 9.36. The molecule has 1 rings (SSSR count). The van der Waals surface area contributed by atoms with Crippen LogP contribution in [0.15, 0.2) is 6.07 Å². The highest BCUT2D eigenvalue weighted by molar-refractivity contribution is 6.32. The van der Waals surface area contributed by atoms with Crippen LogP contribution < -0.4 is 10.5 Å². The summed E-state index contributed by atoms with van der Waals surface area (Å²) in [4.78, 5) is 3.48. The van der Waals surface area contributed by atoms with E-state index in [9.17, 15) is 13.2 Å². The topological polar surface area (TPSA) is 48.1 Å². The van der Waals surface area contributed by atoms with E-state index in [2.05, 4.69) is 4.98 Å². The maximum Gasteiger partial charge on any atom is 0.419 e. The first kappa shape index (κ1) is 12.9. The molecule has 0 aromatic carbocycles. The second-order valence-corrected chi connectivity index (χ2v) is 3.78. The first-order chi connectivity index (χ1) is 7.21. The standard InChI is InChI=1S/C9H10ClF3N2O/c1-4(2)16-8-6(10)3-5(7(14)15-8)9(11,12)13/h3-4H,1-2H3,(H2,14,15). The van der Waals surface area contributed by atoms with E-state index < -0.39 is 17.6 Å². The van der Waals surface area contributed by atoms with Gasteiger partial charge in [0.15, 0.2) is 0 Å². The molecular weight excluding hydrogens is 245 g/mol. The molecule has 0 saturated heterocycles. The van der Waals surface area contributed by atoms with Crippen LogP contribution in [0.4, 0.5) is 19.0 Å². The number of nitrogens with two attached hydrogens (primary N) is 1. The van der Waals surface area contributed by atoms with E-state index >= 15 is 0 Å². The Morgan fingerprint density at radius 1 is 1.44 bits per heavy atom. The number of hydrogen-bond donors (Lipinski definition) is 1. The quantitative estimate of drug-likeness (QED) is 0.882. The molecule has 0 bridgehead atoms. The minimum Gasteiger partial charge on any atom is -0.474 e. The number of nitrogens with zero attached hydrogens (tertiary/aromatic N) is 1. The maximum atomic E-state index is 12.4. The van der Waals surface area contributed by atoms with Crippen molar-refractivity contribution in [2.24, 2.45) is 0 Å². The number of rotatable bonds is 2. The number of halogens is 4. The van der Waals surface area contributed by atoms with Gasteiger partial charge in [0.25, 0.3) is 0 Å². The van der Waals surface area contributed by atoms with Crippen molar-refractivity contribution in [3.63, 3.8) is 0 Å². The van der Waals surface area contributed by atoms with Gasteiger partial charge in [-0.1, -0.05) is 11.6 Å². The summed E-state index contributed by atoms with van der Waals surface area (Å²) in [5.74, 6) is -0.741. The van der Waals surface area contributed by atoms with Gasteiger partial charge in [0.2, 0.25) is 5.88 Å². The zero-order chi connectivity index (χ0) is 12.5. The second-order valence-electron chi connectivity index (χ2n) is 3.37. The van der Waals surface area contributed by atoms with Crippen LogP contribution in [0.1, 0.15) is 19.4 Å². The SMILES string of the molecule is CC(C)Oc1nc(N)c(C(F)(F)F)cc1Cl. The van der Waals surface area contributed by atoms with Crippen molar-refractivity contribution in [1.29, 1.82) is 0 Å². The molecular formula is C9H10ClF3N2O. The Balaban J connectivity index is 3.17. The molecule has 16 heavy (non-hydrogen) atoms. The van der Waals surface area contributed by atoms with Gasteiger partial charge in [0.05, 0.1) is 11.7 Å². The Morgan fingerprint density at radius 3 is 2.44 bits per heavy atom. The second kappa shape index (κ2) is 4.37. The Bertz CT molecular complexity index is 393. The molecule has 0 fully saturated rings. The fraction of sp³-hybridized carbons (Fsp3) is 0.444. The average molecular weight is 255 g/mol. The van der Waals surface area contributed by atoms with Gasteiger partial charge in [0.1, 0.15) is 10.8 Å².